The molecule has 9 rings (SSSR count). The van der Waals surface area contributed by atoms with E-state index in [1.54, 1.807) is 11.3 Å². The average molecular weight is 566 g/mol. The van der Waals surface area contributed by atoms with Crippen LogP contribution in [0.4, 0.5) is 0 Å². The van der Waals surface area contributed by atoms with Crippen molar-refractivity contribution >= 4 is 75.3 Å². The van der Waals surface area contributed by atoms with Crippen LogP contribution in [-0.2, 0) is 0 Å². The van der Waals surface area contributed by atoms with E-state index >= 15 is 0 Å². The first kappa shape index (κ1) is 23.8. The van der Waals surface area contributed by atoms with E-state index in [2.05, 4.69) is 77.4 Å². The molecule has 5 heteroatoms. The molecular formula is C38H19N3OS. The molecule has 0 bridgehead atoms. The molecule has 0 unspecified atom stereocenters. The number of aromatic nitrogens is 1. The smallest absolute Gasteiger partial charge is 0.135 e. The molecule has 0 amide bonds. The van der Waals surface area contributed by atoms with Gasteiger partial charge in [0.15, 0.2) is 0 Å². The van der Waals surface area contributed by atoms with E-state index < -0.39 is 0 Å². The second-order valence-corrected chi connectivity index (χ2v) is 11.8. The number of hydrogen-bond donors (Lipinski definition) is 0. The van der Waals surface area contributed by atoms with Gasteiger partial charge in [0.05, 0.1) is 43.3 Å². The Morgan fingerprint density at radius 2 is 1.30 bits per heavy atom. The first-order valence-electron chi connectivity index (χ1n) is 14.0. The molecule has 0 aliphatic carbocycles. The number of hydrogen-bond acceptors (Lipinski definition) is 4. The fourth-order valence-electron chi connectivity index (χ4n) is 6.52. The number of nitrogens with zero attached hydrogens (tertiary/aromatic N) is 3. The number of fused-ring (bicyclic) bond motifs is 9. The number of rotatable bonds is 2. The summed E-state index contributed by atoms with van der Waals surface area (Å²) in [6, 6.07) is 43.9. The summed E-state index contributed by atoms with van der Waals surface area (Å²) in [5, 5.41) is 26.6. The van der Waals surface area contributed by atoms with Crippen LogP contribution in [0.3, 0.4) is 0 Å². The predicted octanol–water partition coefficient (Wildman–Crippen LogP) is 10.5. The van der Waals surface area contributed by atoms with E-state index in [0.29, 0.717) is 11.1 Å². The van der Waals surface area contributed by atoms with Crippen molar-refractivity contribution in [2.24, 2.45) is 0 Å². The molecule has 0 saturated heterocycles. The quantitative estimate of drug-likeness (QED) is 0.209. The highest BCUT2D eigenvalue weighted by Crippen LogP contribution is 2.44. The fourth-order valence-corrected chi connectivity index (χ4v) is 7.77. The van der Waals surface area contributed by atoms with E-state index in [1.165, 1.54) is 0 Å². The Hall–Kier alpha value is -5.88. The van der Waals surface area contributed by atoms with E-state index in [1.807, 2.05) is 54.6 Å². The van der Waals surface area contributed by atoms with Crippen LogP contribution in [0, 0.1) is 22.7 Å². The third-order valence-corrected chi connectivity index (χ3v) is 9.73. The van der Waals surface area contributed by atoms with Crippen molar-refractivity contribution in [2.75, 3.05) is 0 Å². The molecule has 43 heavy (non-hydrogen) atoms. The topological polar surface area (TPSA) is 65.7 Å². The van der Waals surface area contributed by atoms with Gasteiger partial charge < -0.3 is 8.98 Å². The lowest BCUT2D eigenvalue weighted by Gasteiger charge is -2.09. The summed E-state index contributed by atoms with van der Waals surface area (Å²) in [5.41, 5.74) is 8.15. The van der Waals surface area contributed by atoms with Crippen molar-refractivity contribution in [1.82, 2.24) is 4.57 Å². The summed E-state index contributed by atoms with van der Waals surface area (Å²) in [5.74, 6) is 0. The van der Waals surface area contributed by atoms with Crippen molar-refractivity contribution < 1.29 is 4.42 Å². The lowest BCUT2D eigenvalue weighted by atomic mass is 9.98. The van der Waals surface area contributed by atoms with Crippen molar-refractivity contribution in [1.29, 1.82) is 10.5 Å². The van der Waals surface area contributed by atoms with Crippen LogP contribution in [0.1, 0.15) is 11.1 Å². The zero-order valence-corrected chi connectivity index (χ0v) is 23.4. The monoisotopic (exact) mass is 565 g/mol. The van der Waals surface area contributed by atoms with Crippen LogP contribution in [0.2, 0.25) is 0 Å². The molecule has 0 saturated carbocycles. The van der Waals surface area contributed by atoms with E-state index in [4.69, 9.17) is 4.42 Å². The van der Waals surface area contributed by atoms with Crippen LogP contribution in [0.25, 0.3) is 80.7 Å². The van der Waals surface area contributed by atoms with Gasteiger partial charge in [-0.15, -0.1) is 11.3 Å². The largest absolute Gasteiger partial charge is 0.456 e. The number of benzene rings is 6. The maximum absolute atomic E-state index is 10.3. The summed E-state index contributed by atoms with van der Waals surface area (Å²) >= 11 is 1.65. The molecule has 0 fully saturated rings. The molecule has 0 spiro atoms. The molecular weight excluding hydrogens is 547 g/mol. The molecule has 0 N–H and O–H groups in total. The Bertz CT molecular complexity index is 2710. The van der Waals surface area contributed by atoms with Gasteiger partial charge in [0.2, 0.25) is 0 Å². The zero-order chi connectivity index (χ0) is 28.7. The Kier molecular flexibility index (Phi) is 4.87. The standard InChI is InChI=1S/C38H19N3OS/c39-20-22-12-14-27-26-6-1-3-9-32(26)41(34(27)16-22)33-10-5-8-29-31-19-24(17-25(21-40)37(31)43-38(29)33)23-13-15-36-30(18-23)28-7-2-4-11-35(28)42-36/h1-19H. The summed E-state index contributed by atoms with van der Waals surface area (Å²) in [4.78, 5) is 0. The summed E-state index contributed by atoms with van der Waals surface area (Å²) < 4.78 is 10.4. The lowest BCUT2D eigenvalue weighted by molar-refractivity contribution is 0.669. The van der Waals surface area contributed by atoms with Gasteiger partial charge in [0, 0.05) is 32.3 Å². The number of furan rings is 1. The van der Waals surface area contributed by atoms with Gasteiger partial charge in [0.1, 0.15) is 17.2 Å². The summed E-state index contributed by atoms with van der Waals surface area (Å²) in [7, 11) is 0. The van der Waals surface area contributed by atoms with Gasteiger partial charge >= 0.3 is 0 Å². The minimum Gasteiger partial charge on any atom is -0.456 e. The molecule has 0 aliphatic heterocycles. The van der Waals surface area contributed by atoms with Crippen LogP contribution in [0.15, 0.2) is 120 Å². The lowest BCUT2D eigenvalue weighted by Crippen LogP contribution is -1.94. The maximum Gasteiger partial charge on any atom is 0.135 e. The van der Waals surface area contributed by atoms with Crippen LogP contribution >= 0.6 is 11.3 Å². The summed E-state index contributed by atoms with van der Waals surface area (Å²) in [6.45, 7) is 0. The molecule has 6 aromatic carbocycles. The van der Waals surface area contributed by atoms with Gasteiger partial charge in [-0.2, -0.15) is 10.5 Å². The van der Waals surface area contributed by atoms with Crippen molar-refractivity contribution in [3.63, 3.8) is 0 Å². The Labute approximate surface area is 249 Å². The highest BCUT2D eigenvalue weighted by atomic mass is 32.1. The van der Waals surface area contributed by atoms with Crippen molar-refractivity contribution in [3.05, 3.63) is 126 Å². The van der Waals surface area contributed by atoms with Gasteiger partial charge in [-0.25, -0.2) is 0 Å². The zero-order valence-electron chi connectivity index (χ0n) is 22.6. The molecule has 0 aliphatic rings. The predicted molar refractivity (Wildman–Crippen MR) is 176 cm³/mol. The first-order valence-corrected chi connectivity index (χ1v) is 14.8. The maximum atomic E-state index is 10.3. The second-order valence-electron chi connectivity index (χ2n) is 10.8. The highest BCUT2D eigenvalue weighted by Gasteiger charge is 2.19. The third-order valence-electron chi connectivity index (χ3n) is 8.45. The molecule has 9 aromatic rings. The SMILES string of the molecule is N#Cc1ccc2c3ccccc3n(-c3cccc4c3sc3c(C#N)cc(-c5ccc6oc7ccccc7c6c5)cc34)c2c1. The Balaban J connectivity index is 1.32. The van der Waals surface area contributed by atoms with E-state index in [0.717, 1.165) is 80.7 Å². The van der Waals surface area contributed by atoms with Crippen molar-refractivity contribution in [2.45, 2.75) is 0 Å². The molecule has 198 valence electrons. The molecule has 3 aromatic heterocycles. The van der Waals surface area contributed by atoms with Gasteiger partial charge in [-0.3, -0.25) is 0 Å². The Morgan fingerprint density at radius 1 is 0.535 bits per heavy atom. The molecule has 4 nitrogen and oxygen atoms in total. The molecule has 0 radical (unpaired) electrons. The minimum atomic E-state index is 0.624. The van der Waals surface area contributed by atoms with Crippen LogP contribution in [0.5, 0.6) is 0 Å². The van der Waals surface area contributed by atoms with Crippen LogP contribution in [-0.4, -0.2) is 4.57 Å². The van der Waals surface area contributed by atoms with E-state index in [-0.39, 0.29) is 0 Å². The first-order chi connectivity index (χ1) is 21.2. The molecule has 3 heterocycles. The normalized spacial score (nSPS) is 11.7. The summed E-state index contributed by atoms with van der Waals surface area (Å²) in [6.07, 6.45) is 0. The number of nitriles is 2. The third kappa shape index (κ3) is 3.35. The average Bonchev–Trinajstić information content (AvgIpc) is 3.73. The van der Waals surface area contributed by atoms with Gasteiger partial charge in [-0.1, -0.05) is 60.7 Å². The highest BCUT2D eigenvalue weighted by molar-refractivity contribution is 7.26. The van der Waals surface area contributed by atoms with Crippen LogP contribution < -0.4 is 0 Å². The number of thiophene rings is 1. The minimum absolute atomic E-state index is 0.624. The fraction of sp³-hybridized carbons (Fsp3) is 0. The van der Waals surface area contributed by atoms with Gasteiger partial charge in [0.25, 0.3) is 0 Å². The van der Waals surface area contributed by atoms with Crippen molar-refractivity contribution in [3.8, 4) is 29.0 Å². The number of para-hydroxylation sites is 2. The van der Waals surface area contributed by atoms with Gasteiger partial charge in [-0.05, 0) is 65.7 Å². The Morgan fingerprint density at radius 3 is 2.19 bits per heavy atom. The second kappa shape index (κ2) is 8.81. The molecule has 0 atom stereocenters. The van der Waals surface area contributed by atoms with E-state index in [9.17, 15) is 10.5 Å².